The van der Waals surface area contributed by atoms with Crippen molar-refractivity contribution in [1.82, 2.24) is 10.6 Å². The molecule has 1 saturated carbocycles. The zero-order chi connectivity index (χ0) is 12.0. The first kappa shape index (κ1) is 13.2. The lowest BCUT2D eigenvalue weighted by Gasteiger charge is -2.20. The molecule has 0 aromatic heterocycles. The van der Waals surface area contributed by atoms with E-state index in [9.17, 15) is 4.79 Å². The Balaban J connectivity index is 2.26. The molecule has 1 aliphatic carbocycles. The predicted octanol–water partition coefficient (Wildman–Crippen LogP) is 1.99. The van der Waals surface area contributed by atoms with E-state index in [4.69, 9.17) is 0 Å². The van der Waals surface area contributed by atoms with Gasteiger partial charge in [0.05, 0.1) is 6.04 Å². The average Bonchev–Trinajstić information content (AvgIpc) is 2.70. The van der Waals surface area contributed by atoms with E-state index in [1.165, 1.54) is 12.8 Å². The van der Waals surface area contributed by atoms with Crippen LogP contribution in [-0.4, -0.2) is 24.0 Å². The molecule has 2 N–H and O–H groups in total. The van der Waals surface area contributed by atoms with E-state index < -0.39 is 0 Å². The molecule has 3 heteroatoms. The van der Waals surface area contributed by atoms with Crippen LogP contribution in [0.4, 0.5) is 0 Å². The van der Waals surface area contributed by atoms with Crippen LogP contribution >= 0.6 is 0 Å². The van der Waals surface area contributed by atoms with Gasteiger partial charge < -0.3 is 10.6 Å². The lowest BCUT2D eigenvalue weighted by Crippen LogP contribution is -2.48. The standard InChI is InChI=1S/C13H24N2O/c1-4-7-10(2)14-11(3)13(16)15-12-8-5-6-9-12/h4,10-12,14H,1,5-9H2,2-3H3,(H,15,16). The third-order valence-electron chi connectivity index (χ3n) is 3.15. The van der Waals surface area contributed by atoms with Crippen LogP contribution < -0.4 is 10.6 Å². The van der Waals surface area contributed by atoms with Crippen molar-refractivity contribution in [2.75, 3.05) is 0 Å². The molecule has 0 aliphatic heterocycles. The van der Waals surface area contributed by atoms with Gasteiger partial charge in [-0.05, 0) is 33.1 Å². The Kier molecular flexibility index (Phi) is 5.53. The van der Waals surface area contributed by atoms with Gasteiger partial charge in [-0.15, -0.1) is 6.58 Å². The van der Waals surface area contributed by atoms with E-state index in [1.807, 2.05) is 13.0 Å². The predicted molar refractivity (Wildman–Crippen MR) is 67.3 cm³/mol. The second-order valence-electron chi connectivity index (χ2n) is 4.80. The van der Waals surface area contributed by atoms with Crippen molar-refractivity contribution in [2.24, 2.45) is 0 Å². The smallest absolute Gasteiger partial charge is 0.237 e. The Hall–Kier alpha value is -0.830. The number of hydrogen-bond acceptors (Lipinski definition) is 2. The van der Waals surface area contributed by atoms with Crippen LogP contribution in [0.15, 0.2) is 12.7 Å². The summed E-state index contributed by atoms with van der Waals surface area (Å²) in [4.78, 5) is 11.8. The lowest BCUT2D eigenvalue weighted by atomic mass is 10.2. The minimum Gasteiger partial charge on any atom is -0.352 e. The van der Waals surface area contributed by atoms with E-state index in [0.717, 1.165) is 19.3 Å². The fourth-order valence-corrected chi connectivity index (χ4v) is 2.22. The lowest BCUT2D eigenvalue weighted by molar-refractivity contribution is -0.123. The number of carbonyl (C=O) groups is 1. The summed E-state index contributed by atoms with van der Waals surface area (Å²) in [7, 11) is 0. The highest BCUT2D eigenvalue weighted by Crippen LogP contribution is 2.17. The highest BCUT2D eigenvalue weighted by atomic mass is 16.2. The number of hydrogen-bond donors (Lipinski definition) is 2. The molecular weight excluding hydrogens is 200 g/mol. The van der Waals surface area contributed by atoms with Crippen LogP contribution in [-0.2, 0) is 4.79 Å². The topological polar surface area (TPSA) is 41.1 Å². The van der Waals surface area contributed by atoms with Crippen molar-refractivity contribution >= 4 is 5.91 Å². The SMILES string of the molecule is C=CCC(C)NC(C)C(=O)NC1CCCC1. The van der Waals surface area contributed by atoms with Crippen molar-refractivity contribution in [2.45, 2.75) is 64.1 Å². The largest absolute Gasteiger partial charge is 0.352 e. The van der Waals surface area contributed by atoms with Gasteiger partial charge in [-0.25, -0.2) is 0 Å². The van der Waals surface area contributed by atoms with E-state index in [-0.39, 0.29) is 11.9 Å². The molecule has 0 heterocycles. The van der Waals surface area contributed by atoms with Gasteiger partial charge in [0.2, 0.25) is 5.91 Å². The second kappa shape index (κ2) is 6.69. The molecule has 3 nitrogen and oxygen atoms in total. The summed E-state index contributed by atoms with van der Waals surface area (Å²) in [5, 5.41) is 6.37. The van der Waals surface area contributed by atoms with Crippen molar-refractivity contribution < 1.29 is 4.79 Å². The Morgan fingerprint density at radius 1 is 1.44 bits per heavy atom. The van der Waals surface area contributed by atoms with Crippen molar-refractivity contribution in [3.63, 3.8) is 0 Å². The summed E-state index contributed by atoms with van der Waals surface area (Å²) < 4.78 is 0. The number of nitrogens with one attached hydrogen (secondary N) is 2. The Morgan fingerprint density at radius 2 is 2.06 bits per heavy atom. The van der Waals surface area contributed by atoms with Crippen LogP contribution in [0.25, 0.3) is 0 Å². The maximum Gasteiger partial charge on any atom is 0.237 e. The maximum absolute atomic E-state index is 11.8. The first-order chi connectivity index (χ1) is 7.63. The van der Waals surface area contributed by atoms with Crippen molar-refractivity contribution in [3.8, 4) is 0 Å². The molecule has 0 saturated heterocycles. The van der Waals surface area contributed by atoms with Gasteiger partial charge in [0.1, 0.15) is 0 Å². The average molecular weight is 224 g/mol. The Labute approximate surface area is 98.7 Å². The first-order valence-corrected chi connectivity index (χ1v) is 6.30. The van der Waals surface area contributed by atoms with Crippen LogP contribution in [0.1, 0.15) is 46.0 Å². The molecule has 0 aromatic rings. The summed E-state index contributed by atoms with van der Waals surface area (Å²) >= 11 is 0. The van der Waals surface area contributed by atoms with E-state index >= 15 is 0 Å². The molecule has 92 valence electrons. The van der Waals surface area contributed by atoms with Crippen LogP contribution in [0.3, 0.4) is 0 Å². The fraction of sp³-hybridized carbons (Fsp3) is 0.769. The number of amides is 1. The Morgan fingerprint density at radius 3 is 2.62 bits per heavy atom. The van der Waals surface area contributed by atoms with Gasteiger partial charge in [0, 0.05) is 12.1 Å². The normalized spacial score (nSPS) is 20.4. The van der Waals surface area contributed by atoms with Gasteiger partial charge >= 0.3 is 0 Å². The molecule has 0 radical (unpaired) electrons. The monoisotopic (exact) mass is 224 g/mol. The number of rotatable bonds is 6. The number of carbonyl (C=O) groups excluding carboxylic acids is 1. The summed E-state index contributed by atoms with van der Waals surface area (Å²) in [5.74, 6) is 0.128. The minimum atomic E-state index is -0.115. The van der Waals surface area contributed by atoms with Crippen molar-refractivity contribution in [3.05, 3.63) is 12.7 Å². The van der Waals surface area contributed by atoms with E-state index in [2.05, 4.69) is 24.1 Å². The third kappa shape index (κ3) is 4.35. The van der Waals surface area contributed by atoms with E-state index in [0.29, 0.717) is 12.1 Å². The van der Waals surface area contributed by atoms with Gasteiger partial charge in [-0.2, -0.15) is 0 Å². The third-order valence-corrected chi connectivity index (χ3v) is 3.15. The summed E-state index contributed by atoms with van der Waals surface area (Å²) in [6, 6.07) is 0.601. The molecule has 1 rings (SSSR count). The maximum atomic E-state index is 11.8. The van der Waals surface area contributed by atoms with Crippen molar-refractivity contribution in [1.29, 1.82) is 0 Å². The summed E-state index contributed by atoms with van der Waals surface area (Å²) in [6.07, 6.45) is 7.54. The molecule has 2 atom stereocenters. The van der Waals surface area contributed by atoms with Crippen LogP contribution in [0, 0.1) is 0 Å². The highest BCUT2D eigenvalue weighted by Gasteiger charge is 2.20. The quantitative estimate of drug-likeness (QED) is 0.677. The molecule has 16 heavy (non-hydrogen) atoms. The zero-order valence-corrected chi connectivity index (χ0v) is 10.5. The summed E-state index contributed by atoms with van der Waals surface area (Å²) in [6.45, 7) is 7.69. The molecule has 0 bridgehead atoms. The molecular formula is C13H24N2O. The van der Waals surface area contributed by atoms with Gasteiger partial charge in [0.25, 0.3) is 0 Å². The van der Waals surface area contributed by atoms with Crippen LogP contribution in [0.2, 0.25) is 0 Å². The first-order valence-electron chi connectivity index (χ1n) is 6.30. The molecule has 2 unspecified atom stereocenters. The second-order valence-corrected chi connectivity index (χ2v) is 4.80. The van der Waals surface area contributed by atoms with E-state index in [1.54, 1.807) is 0 Å². The molecule has 0 spiro atoms. The zero-order valence-electron chi connectivity index (χ0n) is 10.5. The highest BCUT2D eigenvalue weighted by molar-refractivity contribution is 5.81. The van der Waals surface area contributed by atoms with Crippen LogP contribution in [0.5, 0.6) is 0 Å². The molecule has 0 aromatic carbocycles. The fourth-order valence-electron chi connectivity index (χ4n) is 2.22. The summed E-state index contributed by atoms with van der Waals surface area (Å²) in [5.41, 5.74) is 0. The van der Waals surface area contributed by atoms with Gasteiger partial charge in [0.15, 0.2) is 0 Å². The molecule has 1 amide bonds. The van der Waals surface area contributed by atoms with Gasteiger partial charge in [-0.1, -0.05) is 18.9 Å². The molecule has 1 fully saturated rings. The molecule has 1 aliphatic rings. The Bertz CT molecular complexity index is 234. The minimum absolute atomic E-state index is 0.115. The van der Waals surface area contributed by atoms with Gasteiger partial charge in [-0.3, -0.25) is 4.79 Å².